The number of carboxylic acid groups (broad SMARTS) is 1. The topological polar surface area (TPSA) is 60.8 Å². The highest BCUT2D eigenvalue weighted by Crippen LogP contribution is 2.24. The average molecular weight is 223 g/mol. The number of hydrogen-bond acceptors (Lipinski definition) is 2. The van der Waals surface area contributed by atoms with Crippen LogP contribution in [0.25, 0.3) is 0 Å². The number of carbonyl (C=O) groups is 1. The molecule has 88 valence electrons. The zero-order valence-corrected chi connectivity index (χ0v) is 9.77. The van der Waals surface area contributed by atoms with Crippen LogP contribution in [0.1, 0.15) is 26.3 Å². The lowest BCUT2D eigenvalue weighted by Gasteiger charge is -2.33. The maximum absolute atomic E-state index is 11.2. The first-order chi connectivity index (χ1) is 7.36. The van der Waals surface area contributed by atoms with Crippen LogP contribution in [0.5, 0.6) is 0 Å². The summed E-state index contributed by atoms with van der Waals surface area (Å²) < 4.78 is 0. The highest BCUT2D eigenvalue weighted by molar-refractivity contribution is 5.87. The molecule has 0 unspecified atom stereocenters. The third-order valence-corrected chi connectivity index (χ3v) is 2.21. The number of anilines is 1. The molecule has 0 atom stereocenters. The third-order valence-electron chi connectivity index (χ3n) is 2.21. The molecule has 1 rings (SSSR count). The monoisotopic (exact) mass is 223 g/mol. The summed E-state index contributed by atoms with van der Waals surface area (Å²) in [7, 11) is 0. The predicted molar refractivity (Wildman–Crippen MR) is 62.6 cm³/mol. The molecule has 0 saturated carbocycles. The van der Waals surface area contributed by atoms with E-state index in [9.17, 15) is 9.90 Å². The Kier molecular flexibility index (Phi) is 3.55. The molecule has 2 N–H and O–H groups in total. The molecule has 0 heterocycles. The van der Waals surface area contributed by atoms with Gasteiger partial charge in [-0.3, -0.25) is 4.90 Å². The lowest BCUT2D eigenvalue weighted by molar-refractivity contribution is 0.195. The molecule has 1 aromatic rings. The first-order valence-corrected chi connectivity index (χ1v) is 5.09. The Morgan fingerprint density at radius 3 is 2.44 bits per heavy atom. The molecule has 0 aliphatic carbocycles. The molecule has 0 aliphatic heterocycles. The molecule has 0 spiro atoms. The minimum absolute atomic E-state index is 0.0918. The second-order valence-electron chi connectivity index (χ2n) is 4.62. The maximum atomic E-state index is 11.2. The normalized spacial score (nSPS) is 11.2. The van der Waals surface area contributed by atoms with Gasteiger partial charge in [-0.2, -0.15) is 0 Å². The summed E-state index contributed by atoms with van der Waals surface area (Å²) in [5.74, 6) is 0. The number of rotatable bonds is 2. The van der Waals surface area contributed by atoms with Crippen molar-refractivity contribution in [2.45, 2.75) is 32.9 Å². The molecular formula is C12H17NO3. The van der Waals surface area contributed by atoms with Crippen LogP contribution in [0, 0.1) is 0 Å². The van der Waals surface area contributed by atoms with Gasteiger partial charge in [0, 0.05) is 11.2 Å². The Morgan fingerprint density at radius 1 is 1.38 bits per heavy atom. The second-order valence-corrected chi connectivity index (χ2v) is 4.62. The van der Waals surface area contributed by atoms with Crippen LogP contribution in [0.15, 0.2) is 24.3 Å². The van der Waals surface area contributed by atoms with E-state index in [1.165, 1.54) is 4.90 Å². The van der Waals surface area contributed by atoms with Crippen molar-refractivity contribution in [3.8, 4) is 0 Å². The predicted octanol–water partition coefficient (Wildman–Crippen LogP) is 2.46. The molecule has 0 bridgehead atoms. The van der Waals surface area contributed by atoms with Gasteiger partial charge in [-0.1, -0.05) is 12.1 Å². The first kappa shape index (κ1) is 12.5. The summed E-state index contributed by atoms with van der Waals surface area (Å²) in [5.41, 5.74) is 0.763. The van der Waals surface area contributed by atoms with Crippen molar-refractivity contribution in [1.82, 2.24) is 0 Å². The van der Waals surface area contributed by atoms with E-state index >= 15 is 0 Å². The van der Waals surface area contributed by atoms with Crippen molar-refractivity contribution in [3.05, 3.63) is 29.8 Å². The molecule has 0 aromatic heterocycles. The minimum Gasteiger partial charge on any atom is -0.465 e. The fraction of sp³-hybridized carbons (Fsp3) is 0.417. The first-order valence-electron chi connectivity index (χ1n) is 5.09. The molecule has 0 radical (unpaired) electrons. The number of aliphatic hydroxyl groups is 1. The minimum atomic E-state index is -0.998. The van der Waals surface area contributed by atoms with E-state index in [1.807, 2.05) is 20.8 Å². The van der Waals surface area contributed by atoms with Gasteiger partial charge in [0.2, 0.25) is 0 Å². The van der Waals surface area contributed by atoms with Gasteiger partial charge < -0.3 is 10.2 Å². The summed E-state index contributed by atoms with van der Waals surface area (Å²) in [6.07, 6.45) is -0.998. The quantitative estimate of drug-likeness (QED) is 0.809. The Hall–Kier alpha value is -1.55. The van der Waals surface area contributed by atoms with Crippen molar-refractivity contribution >= 4 is 11.8 Å². The fourth-order valence-corrected chi connectivity index (χ4v) is 1.58. The van der Waals surface area contributed by atoms with Gasteiger partial charge in [-0.15, -0.1) is 0 Å². The van der Waals surface area contributed by atoms with Crippen molar-refractivity contribution in [1.29, 1.82) is 0 Å². The standard InChI is InChI=1S/C12H17NO3/c1-12(2,3)13(11(15)16)10-6-4-5-9(7-10)8-14/h4-7,14H,8H2,1-3H3,(H,15,16). The van der Waals surface area contributed by atoms with E-state index in [2.05, 4.69) is 0 Å². The van der Waals surface area contributed by atoms with Crippen LogP contribution < -0.4 is 4.90 Å². The van der Waals surface area contributed by atoms with Crippen LogP contribution in [-0.2, 0) is 6.61 Å². The molecule has 0 fully saturated rings. The van der Waals surface area contributed by atoms with Crippen molar-refractivity contribution < 1.29 is 15.0 Å². The van der Waals surface area contributed by atoms with Crippen LogP contribution >= 0.6 is 0 Å². The number of benzene rings is 1. The molecule has 4 heteroatoms. The Morgan fingerprint density at radius 2 is 2.00 bits per heavy atom. The van der Waals surface area contributed by atoms with E-state index in [4.69, 9.17) is 5.11 Å². The lowest BCUT2D eigenvalue weighted by Crippen LogP contribution is -2.45. The van der Waals surface area contributed by atoms with Crippen molar-refractivity contribution in [2.75, 3.05) is 4.90 Å². The van der Waals surface area contributed by atoms with Crippen molar-refractivity contribution in [2.24, 2.45) is 0 Å². The summed E-state index contributed by atoms with van der Waals surface area (Å²) in [4.78, 5) is 12.5. The van der Waals surface area contributed by atoms with E-state index < -0.39 is 11.6 Å². The summed E-state index contributed by atoms with van der Waals surface area (Å²) in [5, 5.41) is 18.2. The Bertz CT molecular complexity index is 382. The second kappa shape index (κ2) is 4.53. The molecular weight excluding hydrogens is 206 g/mol. The van der Waals surface area contributed by atoms with E-state index in [1.54, 1.807) is 24.3 Å². The van der Waals surface area contributed by atoms with Gasteiger partial charge in [0.15, 0.2) is 0 Å². The average Bonchev–Trinajstić information content (AvgIpc) is 2.15. The van der Waals surface area contributed by atoms with Crippen LogP contribution in [-0.4, -0.2) is 21.8 Å². The zero-order chi connectivity index (χ0) is 12.3. The van der Waals surface area contributed by atoms with Crippen molar-refractivity contribution in [3.63, 3.8) is 0 Å². The largest absolute Gasteiger partial charge is 0.465 e. The molecule has 4 nitrogen and oxygen atoms in total. The maximum Gasteiger partial charge on any atom is 0.412 e. The molecule has 16 heavy (non-hydrogen) atoms. The third kappa shape index (κ3) is 2.73. The number of hydrogen-bond donors (Lipinski definition) is 2. The molecule has 0 saturated heterocycles. The van der Waals surface area contributed by atoms with Gasteiger partial charge in [0.05, 0.1) is 6.61 Å². The van der Waals surface area contributed by atoms with Gasteiger partial charge in [-0.25, -0.2) is 4.79 Å². The number of aliphatic hydroxyl groups excluding tert-OH is 1. The number of nitrogens with zero attached hydrogens (tertiary/aromatic N) is 1. The van der Waals surface area contributed by atoms with Gasteiger partial charge in [0.25, 0.3) is 0 Å². The zero-order valence-electron chi connectivity index (χ0n) is 9.77. The molecule has 0 aliphatic rings. The molecule has 1 aromatic carbocycles. The Balaban J connectivity index is 3.16. The summed E-state index contributed by atoms with van der Waals surface area (Å²) in [6.45, 7) is 5.39. The van der Waals surface area contributed by atoms with Gasteiger partial charge in [0.1, 0.15) is 0 Å². The highest BCUT2D eigenvalue weighted by Gasteiger charge is 2.27. The summed E-state index contributed by atoms with van der Waals surface area (Å²) in [6, 6.07) is 6.90. The Labute approximate surface area is 95.1 Å². The smallest absolute Gasteiger partial charge is 0.412 e. The van der Waals surface area contributed by atoms with E-state index in [-0.39, 0.29) is 6.61 Å². The number of amides is 1. The van der Waals surface area contributed by atoms with Gasteiger partial charge in [-0.05, 0) is 38.5 Å². The van der Waals surface area contributed by atoms with Crippen LogP contribution in [0.4, 0.5) is 10.5 Å². The summed E-state index contributed by atoms with van der Waals surface area (Å²) >= 11 is 0. The van der Waals surface area contributed by atoms with E-state index in [0.717, 1.165) is 0 Å². The van der Waals surface area contributed by atoms with Crippen LogP contribution in [0.2, 0.25) is 0 Å². The SMILES string of the molecule is CC(C)(C)N(C(=O)O)c1cccc(CO)c1. The fourth-order valence-electron chi connectivity index (χ4n) is 1.58. The molecule has 1 amide bonds. The van der Waals surface area contributed by atoms with Gasteiger partial charge >= 0.3 is 6.09 Å². The van der Waals surface area contributed by atoms with E-state index in [0.29, 0.717) is 11.3 Å². The lowest BCUT2D eigenvalue weighted by atomic mass is 10.0. The highest BCUT2D eigenvalue weighted by atomic mass is 16.4. The van der Waals surface area contributed by atoms with Crippen LogP contribution in [0.3, 0.4) is 0 Å².